The Morgan fingerprint density at radius 3 is 2.46 bits per heavy atom. The van der Waals surface area contributed by atoms with Gasteiger partial charge in [0, 0.05) is 11.6 Å². The van der Waals surface area contributed by atoms with Crippen molar-refractivity contribution in [1.82, 2.24) is 4.98 Å². The predicted molar refractivity (Wildman–Crippen MR) is 107 cm³/mol. The molecule has 0 aliphatic rings. The number of hydrogen-bond donors (Lipinski definition) is 0. The van der Waals surface area contributed by atoms with Crippen molar-refractivity contribution in [1.29, 1.82) is 0 Å². The van der Waals surface area contributed by atoms with Gasteiger partial charge in [-0.25, -0.2) is 9.69 Å². The molecule has 0 bridgehead atoms. The fourth-order valence-electron chi connectivity index (χ4n) is 2.38. The second-order valence-electron chi connectivity index (χ2n) is 5.33. The van der Waals surface area contributed by atoms with Gasteiger partial charge in [-0.15, -0.1) is 0 Å². The standard InChI is InChI=1S/C18H12Cl4N2O2/c19-15-8-9-23-16-7-6-13(10-14(15)16)24(12-4-2-1-3-5-12)17(25)26-11-18(20,21)22/h1-10H,11H2. The minimum Gasteiger partial charge on any atom is -0.444 e. The van der Waals surface area contributed by atoms with Crippen LogP contribution in [0.15, 0.2) is 60.8 Å². The SMILES string of the molecule is O=C(OCC(Cl)(Cl)Cl)N(c1ccccc1)c1ccc2nccc(Cl)c2c1. The van der Waals surface area contributed by atoms with Gasteiger partial charge < -0.3 is 4.74 Å². The number of aromatic nitrogens is 1. The Labute approximate surface area is 170 Å². The van der Waals surface area contributed by atoms with E-state index in [1.54, 1.807) is 54.7 Å². The summed E-state index contributed by atoms with van der Waals surface area (Å²) in [5.41, 5.74) is 1.86. The summed E-state index contributed by atoms with van der Waals surface area (Å²) in [6, 6.07) is 16.0. The second-order valence-corrected chi connectivity index (χ2v) is 8.26. The monoisotopic (exact) mass is 428 g/mol. The number of nitrogens with zero attached hydrogens (tertiary/aromatic N) is 2. The van der Waals surface area contributed by atoms with Crippen LogP contribution in [0.3, 0.4) is 0 Å². The molecule has 0 saturated heterocycles. The highest BCUT2D eigenvalue weighted by Gasteiger charge is 2.26. The fourth-order valence-corrected chi connectivity index (χ4v) is 2.76. The molecule has 3 aromatic rings. The van der Waals surface area contributed by atoms with Gasteiger partial charge in [0.1, 0.15) is 6.61 Å². The van der Waals surface area contributed by atoms with Crippen LogP contribution in [-0.4, -0.2) is 21.5 Å². The third-order valence-corrected chi connectivity index (χ3v) is 4.14. The van der Waals surface area contributed by atoms with Crippen molar-refractivity contribution in [2.75, 3.05) is 11.5 Å². The lowest BCUT2D eigenvalue weighted by molar-refractivity contribution is 0.158. The van der Waals surface area contributed by atoms with Crippen LogP contribution in [0.4, 0.5) is 16.2 Å². The molecular weight excluding hydrogens is 418 g/mol. The van der Waals surface area contributed by atoms with Gasteiger partial charge in [-0.1, -0.05) is 64.6 Å². The molecule has 0 fully saturated rings. The number of fused-ring (bicyclic) bond motifs is 1. The van der Waals surface area contributed by atoms with Crippen molar-refractivity contribution in [3.8, 4) is 0 Å². The van der Waals surface area contributed by atoms with Crippen LogP contribution in [0, 0.1) is 0 Å². The summed E-state index contributed by atoms with van der Waals surface area (Å²) in [5, 5.41) is 1.24. The zero-order valence-corrected chi connectivity index (χ0v) is 16.2. The average molecular weight is 430 g/mol. The molecule has 1 heterocycles. The number of anilines is 2. The van der Waals surface area contributed by atoms with Crippen LogP contribution in [0.2, 0.25) is 5.02 Å². The topological polar surface area (TPSA) is 42.4 Å². The Balaban J connectivity index is 2.03. The lowest BCUT2D eigenvalue weighted by Gasteiger charge is -2.24. The van der Waals surface area contributed by atoms with Crippen molar-refractivity contribution in [3.63, 3.8) is 0 Å². The number of pyridine rings is 1. The molecule has 134 valence electrons. The summed E-state index contributed by atoms with van der Waals surface area (Å²) in [6.07, 6.45) is 0.941. The van der Waals surface area contributed by atoms with Crippen LogP contribution >= 0.6 is 46.4 Å². The highest BCUT2D eigenvalue weighted by atomic mass is 35.6. The molecule has 1 amide bonds. The fraction of sp³-hybridized carbons (Fsp3) is 0.111. The van der Waals surface area contributed by atoms with E-state index in [2.05, 4.69) is 4.98 Å². The smallest absolute Gasteiger partial charge is 0.419 e. The highest BCUT2D eigenvalue weighted by Crippen LogP contribution is 2.32. The van der Waals surface area contributed by atoms with Gasteiger partial charge in [0.05, 0.1) is 21.9 Å². The molecule has 8 heteroatoms. The van der Waals surface area contributed by atoms with Crippen LogP contribution < -0.4 is 4.90 Å². The average Bonchev–Trinajstić information content (AvgIpc) is 2.61. The number of carbonyl (C=O) groups is 1. The van der Waals surface area contributed by atoms with Crippen molar-refractivity contribution < 1.29 is 9.53 Å². The Morgan fingerprint density at radius 2 is 1.77 bits per heavy atom. The summed E-state index contributed by atoms with van der Waals surface area (Å²) >= 11 is 23.3. The molecule has 1 aromatic heterocycles. The lowest BCUT2D eigenvalue weighted by atomic mass is 10.1. The Morgan fingerprint density at radius 1 is 1.04 bits per heavy atom. The molecule has 0 aliphatic carbocycles. The number of benzene rings is 2. The van der Waals surface area contributed by atoms with Gasteiger partial charge in [0.25, 0.3) is 0 Å². The second kappa shape index (κ2) is 7.89. The van der Waals surface area contributed by atoms with E-state index in [0.717, 1.165) is 0 Å². The van der Waals surface area contributed by atoms with Crippen LogP contribution in [0.1, 0.15) is 0 Å². The molecule has 26 heavy (non-hydrogen) atoms. The third kappa shape index (κ3) is 4.51. The number of hydrogen-bond acceptors (Lipinski definition) is 3. The van der Waals surface area contributed by atoms with Gasteiger partial charge in [-0.3, -0.25) is 4.98 Å². The molecule has 0 unspecified atom stereocenters. The maximum absolute atomic E-state index is 12.7. The van der Waals surface area contributed by atoms with Crippen molar-refractivity contribution in [2.45, 2.75) is 3.79 Å². The third-order valence-electron chi connectivity index (χ3n) is 3.49. The van der Waals surface area contributed by atoms with Crippen LogP contribution in [0.25, 0.3) is 10.9 Å². The first-order valence-electron chi connectivity index (χ1n) is 7.48. The number of halogens is 4. The zero-order valence-electron chi connectivity index (χ0n) is 13.2. The van der Waals surface area contributed by atoms with E-state index in [4.69, 9.17) is 51.1 Å². The summed E-state index contributed by atoms with van der Waals surface area (Å²) in [6.45, 7) is -0.379. The molecular formula is C18H12Cl4N2O2. The van der Waals surface area contributed by atoms with Crippen LogP contribution in [0.5, 0.6) is 0 Å². The van der Waals surface area contributed by atoms with Gasteiger partial charge in [-0.05, 0) is 36.4 Å². The Bertz CT molecular complexity index is 929. The molecule has 0 aliphatic heterocycles. The van der Waals surface area contributed by atoms with E-state index < -0.39 is 9.89 Å². The van der Waals surface area contributed by atoms with E-state index in [1.807, 2.05) is 6.07 Å². The van der Waals surface area contributed by atoms with E-state index in [0.29, 0.717) is 27.3 Å². The highest BCUT2D eigenvalue weighted by molar-refractivity contribution is 6.67. The van der Waals surface area contributed by atoms with Gasteiger partial charge in [-0.2, -0.15) is 0 Å². The molecule has 3 rings (SSSR count). The molecule has 0 radical (unpaired) electrons. The quantitative estimate of drug-likeness (QED) is 0.444. The largest absolute Gasteiger partial charge is 0.444 e. The van der Waals surface area contributed by atoms with Crippen molar-refractivity contribution >= 4 is 74.8 Å². The molecule has 4 nitrogen and oxygen atoms in total. The normalized spacial score (nSPS) is 11.4. The maximum Gasteiger partial charge on any atom is 0.419 e. The number of para-hydroxylation sites is 1. The summed E-state index contributed by atoms with van der Waals surface area (Å²) in [5.74, 6) is 0. The number of alkyl halides is 3. The molecule has 2 aromatic carbocycles. The van der Waals surface area contributed by atoms with Gasteiger partial charge >= 0.3 is 6.09 Å². The molecule has 0 N–H and O–H groups in total. The Kier molecular flexibility index (Phi) is 5.78. The van der Waals surface area contributed by atoms with Crippen LogP contribution in [-0.2, 0) is 4.74 Å². The molecule has 0 atom stereocenters. The zero-order chi connectivity index (χ0) is 18.7. The number of carbonyl (C=O) groups excluding carboxylic acids is 1. The molecule has 0 spiro atoms. The molecule has 0 saturated carbocycles. The number of rotatable bonds is 3. The minimum absolute atomic E-state index is 0.379. The first-order chi connectivity index (χ1) is 12.3. The summed E-state index contributed by atoms with van der Waals surface area (Å²) in [4.78, 5) is 18.3. The minimum atomic E-state index is -1.70. The Hall–Kier alpha value is -1.72. The van der Waals surface area contributed by atoms with Crippen molar-refractivity contribution in [2.24, 2.45) is 0 Å². The van der Waals surface area contributed by atoms with E-state index >= 15 is 0 Å². The van der Waals surface area contributed by atoms with Crippen molar-refractivity contribution in [3.05, 3.63) is 65.8 Å². The predicted octanol–water partition coefficient (Wildman–Crippen LogP) is 6.53. The lowest BCUT2D eigenvalue weighted by Crippen LogP contribution is -2.29. The maximum atomic E-state index is 12.7. The van der Waals surface area contributed by atoms with Gasteiger partial charge in [0.15, 0.2) is 0 Å². The number of ether oxygens (including phenoxy) is 1. The number of amides is 1. The summed E-state index contributed by atoms with van der Waals surface area (Å²) in [7, 11) is 0. The van der Waals surface area contributed by atoms with E-state index in [1.165, 1.54) is 4.90 Å². The van der Waals surface area contributed by atoms with Gasteiger partial charge in [0.2, 0.25) is 3.79 Å². The van der Waals surface area contributed by atoms with E-state index in [9.17, 15) is 4.79 Å². The van der Waals surface area contributed by atoms with E-state index in [-0.39, 0.29) is 6.61 Å². The first kappa shape index (κ1) is 19.1. The summed E-state index contributed by atoms with van der Waals surface area (Å²) < 4.78 is 3.46. The first-order valence-corrected chi connectivity index (χ1v) is 8.99.